The molecule has 1 amide bonds. The Bertz CT molecular complexity index is 830. The van der Waals surface area contributed by atoms with Gasteiger partial charge in [-0.25, -0.2) is 4.79 Å². The Kier molecular flexibility index (Phi) is 6.47. The lowest BCUT2D eigenvalue weighted by atomic mass is 10.1. The molecular weight excluding hydrogens is 366 g/mol. The number of thiophene rings is 1. The van der Waals surface area contributed by atoms with E-state index in [9.17, 15) is 9.59 Å². The smallest absolute Gasteiger partial charge is 0.341 e. The number of benzene rings is 1. The SMILES string of the molecule is CCOC(=O)c1c(NC(=O)c2ccccc2OCCOC)sc2c1CCC2. The predicted molar refractivity (Wildman–Crippen MR) is 104 cm³/mol. The van der Waals surface area contributed by atoms with Crippen LogP contribution in [-0.2, 0) is 22.3 Å². The van der Waals surface area contributed by atoms with Gasteiger partial charge in [-0.3, -0.25) is 4.79 Å². The topological polar surface area (TPSA) is 73.9 Å². The van der Waals surface area contributed by atoms with E-state index in [2.05, 4.69) is 5.32 Å². The van der Waals surface area contributed by atoms with Crippen LogP contribution in [0, 0.1) is 0 Å². The molecule has 0 aliphatic heterocycles. The number of aryl methyl sites for hydroxylation is 1. The lowest BCUT2D eigenvalue weighted by Gasteiger charge is -2.12. The van der Waals surface area contributed by atoms with Crippen molar-refractivity contribution in [3.05, 3.63) is 45.8 Å². The Balaban J connectivity index is 1.84. The van der Waals surface area contributed by atoms with Crippen LogP contribution in [0.15, 0.2) is 24.3 Å². The van der Waals surface area contributed by atoms with Gasteiger partial charge in [0.1, 0.15) is 17.4 Å². The fourth-order valence-corrected chi connectivity index (χ4v) is 4.37. The Hall–Kier alpha value is -2.38. The zero-order chi connectivity index (χ0) is 19.2. The average Bonchev–Trinajstić information content (AvgIpc) is 3.23. The number of amides is 1. The van der Waals surface area contributed by atoms with Crippen molar-refractivity contribution < 1.29 is 23.8 Å². The third kappa shape index (κ3) is 4.31. The Labute approximate surface area is 162 Å². The molecule has 1 aliphatic carbocycles. The van der Waals surface area contributed by atoms with Gasteiger partial charge in [-0.2, -0.15) is 0 Å². The number of ether oxygens (including phenoxy) is 3. The first kappa shape index (κ1) is 19.4. The summed E-state index contributed by atoms with van der Waals surface area (Å²) >= 11 is 1.46. The first-order valence-corrected chi connectivity index (χ1v) is 9.81. The molecule has 144 valence electrons. The van der Waals surface area contributed by atoms with E-state index in [0.717, 1.165) is 29.7 Å². The maximum atomic E-state index is 12.9. The zero-order valence-electron chi connectivity index (χ0n) is 15.5. The van der Waals surface area contributed by atoms with Crippen molar-refractivity contribution in [1.82, 2.24) is 0 Å². The van der Waals surface area contributed by atoms with Gasteiger partial charge in [0.25, 0.3) is 5.91 Å². The molecule has 0 unspecified atom stereocenters. The van der Waals surface area contributed by atoms with Crippen molar-refractivity contribution in [2.75, 3.05) is 32.2 Å². The highest BCUT2D eigenvalue weighted by Crippen LogP contribution is 2.40. The Morgan fingerprint density at radius 2 is 2.00 bits per heavy atom. The summed E-state index contributed by atoms with van der Waals surface area (Å²) in [5.41, 5.74) is 1.93. The van der Waals surface area contributed by atoms with Crippen molar-refractivity contribution in [3.8, 4) is 5.75 Å². The summed E-state index contributed by atoms with van der Waals surface area (Å²) in [5, 5.41) is 3.44. The minimum absolute atomic E-state index is 0.299. The molecule has 1 heterocycles. The molecule has 27 heavy (non-hydrogen) atoms. The van der Waals surface area contributed by atoms with E-state index in [0.29, 0.717) is 41.7 Å². The third-order valence-corrected chi connectivity index (χ3v) is 5.51. The van der Waals surface area contributed by atoms with E-state index in [1.807, 2.05) is 6.07 Å². The van der Waals surface area contributed by atoms with Crippen molar-refractivity contribution in [3.63, 3.8) is 0 Å². The van der Waals surface area contributed by atoms with Gasteiger partial charge in [-0.15, -0.1) is 11.3 Å². The van der Waals surface area contributed by atoms with Crippen LogP contribution in [-0.4, -0.2) is 38.8 Å². The minimum atomic E-state index is -0.378. The van der Waals surface area contributed by atoms with Crippen molar-refractivity contribution >= 4 is 28.2 Å². The highest BCUT2D eigenvalue weighted by atomic mass is 32.1. The van der Waals surface area contributed by atoms with Gasteiger partial charge in [-0.05, 0) is 43.9 Å². The fraction of sp³-hybridized carbons (Fsp3) is 0.400. The van der Waals surface area contributed by atoms with Crippen LogP contribution in [0.1, 0.15) is 44.5 Å². The van der Waals surface area contributed by atoms with Gasteiger partial charge < -0.3 is 19.5 Å². The number of anilines is 1. The Morgan fingerprint density at radius 3 is 2.78 bits per heavy atom. The number of hydrogen-bond acceptors (Lipinski definition) is 6. The monoisotopic (exact) mass is 389 g/mol. The molecule has 0 bridgehead atoms. The molecule has 0 fully saturated rings. The molecule has 0 radical (unpaired) electrons. The van der Waals surface area contributed by atoms with E-state index >= 15 is 0 Å². The highest BCUT2D eigenvalue weighted by Gasteiger charge is 2.28. The Morgan fingerprint density at radius 1 is 1.19 bits per heavy atom. The summed E-state index contributed by atoms with van der Waals surface area (Å²) in [6.07, 6.45) is 2.80. The second-order valence-electron chi connectivity index (χ2n) is 6.07. The number of carbonyl (C=O) groups is 2. The quantitative estimate of drug-likeness (QED) is 0.551. The number of carbonyl (C=O) groups excluding carboxylic acids is 2. The molecule has 1 aromatic carbocycles. The first-order valence-electron chi connectivity index (χ1n) is 8.99. The summed E-state index contributed by atoms with van der Waals surface area (Å²) in [7, 11) is 1.59. The normalized spacial score (nSPS) is 12.5. The molecule has 6 nitrogen and oxygen atoms in total. The van der Waals surface area contributed by atoms with Gasteiger partial charge in [0.05, 0.1) is 24.3 Å². The van der Waals surface area contributed by atoms with Gasteiger partial charge in [0.15, 0.2) is 0 Å². The molecule has 3 rings (SSSR count). The lowest BCUT2D eigenvalue weighted by molar-refractivity contribution is 0.0527. The van der Waals surface area contributed by atoms with Crippen LogP contribution in [0.3, 0.4) is 0 Å². The maximum absolute atomic E-state index is 12.9. The molecular formula is C20H23NO5S. The zero-order valence-corrected chi connectivity index (χ0v) is 16.3. The van der Waals surface area contributed by atoms with E-state index in [-0.39, 0.29) is 11.9 Å². The van der Waals surface area contributed by atoms with Crippen molar-refractivity contribution in [2.24, 2.45) is 0 Å². The van der Waals surface area contributed by atoms with Crippen molar-refractivity contribution in [1.29, 1.82) is 0 Å². The predicted octanol–water partition coefficient (Wildman–Crippen LogP) is 3.69. The van der Waals surface area contributed by atoms with E-state index in [1.54, 1.807) is 32.2 Å². The second kappa shape index (κ2) is 9.01. The molecule has 1 aromatic heterocycles. The third-order valence-electron chi connectivity index (χ3n) is 4.30. The fourth-order valence-electron chi connectivity index (χ4n) is 3.10. The molecule has 7 heteroatoms. The number of rotatable bonds is 8. The molecule has 0 saturated carbocycles. The first-order chi connectivity index (χ1) is 13.2. The van der Waals surface area contributed by atoms with Gasteiger partial charge >= 0.3 is 5.97 Å². The summed E-state index contributed by atoms with van der Waals surface area (Å²) < 4.78 is 15.8. The van der Waals surface area contributed by atoms with E-state index in [4.69, 9.17) is 14.2 Å². The number of methoxy groups -OCH3 is 1. The number of fused-ring (bicyclic) bond motifs is 1. The van der Waals surface area contributed by atoms with Crippen LogP contribution in [0.5, 0.6) is 5.75 Å². The van der Waals surface area contributed by atoms with Crippen LogP contribution in [0.2, 0.25) is 0 Å². The van der Waals surface area contributed by atoms with Crippen molar-refractivity contribution in [2.45, 2.75) is 26.2 Å². The highest BCUT2D eigenvalue weighted by molar-refractivity contribution is 7.17. The second-order valence-corrected chi connectivity index (χ2v) is 7.18. The molecule has 2 aromatic rings. The van der Waals surface area contributed by atoms with Gasteiger partial charge in [0, 0.05) is 12.0 Å². The summed E-state index contributed by atoms with van der Waals surface area (Å²) in [4.78, 5) is 26.5. The van der Waals surface area contributed by atoms with Crippen LogP contribution >= 0.6 is 11.3 Å². The average molecular weight is 389 g/mol. The lowest BCUT2D eigenvalue weighted by Crippen LogP contribution is -2.17. The minimum Gasteiger partial charge on any atom is -0.490 e. The molecule has 0 spiro atoms. The van der Waals surface area contributed by atoms with E-state index < -0.39 is 0 Å². The maximum Gasteiger partial charge on any atom is 0.341 e. The number of esters is 1. The number of para-hydroxylation sites is 1. The standard InChI is InChI=1S/C20H23NO5S/c1-3-25-20(23)17-14-8-6-10-16(14)27-19(17)21-18(22)13-7-4-5-9-15(13)26-12-11-24-2/h4-5,7,9H,3,6,8,10-12H2,1-2H3,(H,21,22). The van der Waals surface area contributed by atoms with Crippen LogP contribution < -0.4 is 10.1 Å². The molecule has 1 aliphatic rings. The molecule has 0 atom stereocenters. The molecule has 1 N–H and O–H groups in total. The summed E-state index contributed by atoms with van der Waals surface area (Å²) in [6.45, 7) is 2.85. The number of nitrogens with one attached hydrogen (secondary N) is 1. The number of hydrogen-bond donors (Lipinski definition) is 1. The van der Waals surface area contributed by atoms with Gasteiger partial charge in [0.2, 0.25) is 0 Å². The summed E-state index contributed by atoms with van der Waals surface area (Å²) in [5.74, 6) is -0.209. The van der Waals surface area contributed by atoms with Crippen LogP contribution in [0.25, 0.3) is 0 Å². The largest absolute Gasteiger partial charge is 0.490 e. The molecule has 0 saturated heterocycles. The van der Waals surface area contributed by atoms with E-state index in [1.165, 1.54) is 11.3 Å². The summed E-state index contributed by atoms with van der Waals surface area (Å²) in [6, 6.07) is 7.02. The van der Waals surface area contributed by atoms with Crippen LogP contribution in [0.4, 0.5) is 5.00 Å². The van der Waals surface area contributed by atoms with Gasteiger partial charge in [-0.1, -0.05) is 12.1 Å².